The zero-order chi connectivity index (χ0) is 16.7. The lowest BCUT2D eigenvalue weighted by Gasteiger charge is -2.29. The van der Waals surface area contributed by atoms with Crippen LogP contribution in [0.25, 0.3) is 11.0 Å². The second kappa shape index (κ2) is 5.86. The van der Waals surface area contributed by atoms with Crippen molar-refractivity contribution >= 4 is 39.5 Å². The van der Waals surface area contributed by atoms with Crippen molar-refractivity contribution in [2.24, 2.45) is 10.9 Å². The number of allylic oxidation sites excluding steroid dienone is 2. The minimum Gasteiger partial charge on any atom is -0.383 e. The van der Waals surface area contributed by atoms with Gasteiger partial charge < -0.3 is 10.6 Å². The zero-order valence-corrected chi connectivity index (χ0v) is 14.2. The molecule has 24 heavy (non-hydrogen) atoms. The first kappa shape index (κ1) is 15.1. The van der Waals surface area contributed by atoms with E-state index < -0.39 is 0 Å². The first-order valence-corrected chi connectivity index (χ1v) is 8.80. The number of hydrogen-bond acceptors (Lipinski definition) is 7. The molecule has 7 nitrogen and oxygen atoms in total. The van der Waals surface area contributed by atoms with Gasteiger partial charge in [0.05, 0.1) is 11.3 Å². The summed E-state index contributed by atoms with van der Waals surface area (Å²) in [5, 5.41) is 5.45. The van der Waals surface area contributed by atoms with Crippen LogP contribution in [0.3, 0.4) is 0 Å². The van der Waals surface area contributed by atoms with E-state index in [-0.39, 0.29) is 5.56 Å². The molecule has 1 saturated heterocycles. The summed E-state index contributed by atoms with van der Waals surface area (Å²) in [5.41, 5.74) is 6.85. The summed E-state index contributed by atoms with van der Waals surface area (Å²) in [6.07, 6.45) is 9.25. The molecule has 0 aliphatic carbocycles. The highest BCUT2D eigenvalue weighted by Gasteiger charge is 2.21. The first-order chi connectivity index (χ1) is 11.6. The average Bonchev–Trinajstić information content (AvgIpc) is 3.21. The molecule has 2 aromatic rings. The van der Waals surface area contributed by atoms with Crippen molar-refractivity contribution in [2.75, 3.05) is 23.7 Å². The van der Waals surface area contributed by atoms with Crippen LogP contribution in [0.1, 0.15) is 25.3 Å². The fourth-order valence-electron chi connectivity index (χ4n) is 2.88. The molecule has 0 aromatic carbocycles. The van der Waals surface area contributed by atoms with Crippen LogP contribution in [0.15, 0.2) is 27.6 Å². The molecule has 4 heterocycles. The van der Waals surface area contributed by atoms with E-state index in [1.165, 1.54) is 11.3 Å². The Balaban J connectivity index is 1.76. The third-order valence-corrected chi connectivity index (χ3v) is 5.37. The van der Waals surface area contributed by atoms with Crippen molar-refractivity contribution in [3.8, 4) is 0 Å². The fourth-order valence-corrected chi connectivity index (χ4v) is 3.83. The molecule has 2 aliphatic heterocycles. The van der Waals surface area contributed by atoms with Crippen LogP contribution in [0.5, 0.6) is 0 Å². The maximum absolute atomic E-state index is 12.3. The Morgan fingerprint density at radius 1 is 1.38 bits per heavy atom. The Morgan fingerprint density at radius 2 is 2.17 bits per heavy atom. The molecule has 4 rings (SSSR count). The standard InChI is InChI=1S/C16H18N6OS/c1-10-4-7-21(8-5-10)16-20-22-13(17)12(9-11-3-2-6-18-11)14(23)19-15(22)24-16/h2-3,6,9-10H,4-5,7-8,17H2,1H3. The summed E-state index contributed by atoms with van der Waals surface area (Å²) in [6, 6.07) is 0. The number of aliphatic imine (C=N–C) groups is 1. The van der Waals surface area contributed by atoms with Crippen molar-refractivity contribution in [3.05, 3.63) is 33.8 Å². The maximum atomic E-state index is 12.3. The van der Waals surface area contributed by atoms with Crippen LogP contribution < -0.4 is 16.2 Å². The van der Waals surface area contributed by atoms with Gasteiger partial charge in [-0.05, 0) is 37.0 Å². The van der Waals surface area contributed by atoms with Crippen LogP contribution >= 0.6 is 11.3 Å². The Hall–Kier alpha value is -2.48. The van der Waals surface area contributed by atoms with Gasteiger partial charge in [0.15, 0.2) is 0 Å². The minimum absolute atomic E-state index is 0.306. The molecule has 1 fully saturated rings. The Labute approximate surface area is 142 Å². The van der Waals surface area contributed by atoms with Gasteiger partial charge in [0.1, 0.15) is 5.82 Å². The highest BCUT2D eigenvalue weighted by atomic mass is 32.1. The van der Waals surface area contributed by atoms with Crippen molar-refractivity contribution in [3.63, 3.8) is 0 Å². The third-order valence-electron chi connectivity index (χ3n) is 4.40. The Bertz CT molecular complexity index is 916. The predicted molar refractivity (Wildman–Crippen MR) is 97.8 cm³/mol. The molecule has 2 aliphatic rings. The minimum atomic E-state index is -0.349. The van der Waals surface area contributed by atoms with E-state index in [0.717, 1.165) is 37.0 Å². The largest absolute Gasteiger partial charge is 0.383 e. The molecule has 0 saturated carbocycles. The number of fused-ring (bicyclic) bond motifs is 1. The van der Waals surface area contributed by atoms with Gasteiger partial charge >= 0.3 is 0 Å². The second-order valence-electron chi connectivity index (χ2n) is 6.17. The van der Waals surface area contributed by atoms with Gasteiger partial charge in [0, 0.05) is 19.3 Å². The quantitative estimate of drug-likeness (QED) is 0.901. The summed E-state index contributed by atoms with van der Waals surface area (Å²) in [5.74, 6) is 1.05. The van der Waals surface area contributed by atoms with Gasteiger partial charge in [-0.15, -0.1) is 5.10 Å². The average molecular weight is 342 g/mol. The molecule has 2 aromatic heterocycles. The van der Waals surface area contributed by atoms with Gasteiger partial charge in [-0.3, -0.25) is 9.79 Å². The number of nitrogens with zero attached hydrogens (tertiary/aromatic N) is 5. The number of piperidine rings is 1. The highest BCUT2D eigenvalue weighted by Crippen LogP contribution is 2.28. The van der Waals surface area contributed by atoms with E-state index in [9.17, 15) is 4.79 Å². The second-order valence-corrected chi connectivity index (χ2v) is 7.11. The summed E-state index contributed by atoms with van der Waals surface area (Å²) in [7, 11) is 0. The lowest BCUT2D eigenvalue weighted by atomic mass is 10.00. The molecule has 2 N–H and O–H groups in total. The zero-order valence-electron chi connectivity index (χ0n) is 13.3. The topological polar surface area (TPSA) is 88.9 Å². The molecule has 0 spiro atoms. The molecule has 8 heteroatoms. The van der Waals surface area contributed by atoms with E-state index in [0.29, 0.717) is 22.0 Å². The van der Waals surface area contributed by atoms with Gasteiger partial charge in [-0.25, -0.2) is 0 Å². The van der Waals surface area contributed by atoms with Crippen LogP contribution in [-0.2, 0) is 0 Å². The van der Waals surface area contributed by atoms with E-state index >= 15 is 0 Å². The van der Waals surface area contributed by atoms with E-state index in [4.69, 9.17) is 5.73 Å². The first-order valence-electron chi connectivity index (χ1n) is 7.98. The van der Waals surface area contributed by atoms with Crippen molar-refractivity contribution in [1.82, 2.24) is 14.6 Å². The summed E-state index contributed by atoms with van der Waals surface area (Å²) in [6.45, 7) is 4.22. The van der Waals surface area contributed by atoms with E-state index in [1.807, 2.05) is 12.2 Å². The van der Waals surface area contributed by atoms with E-state index in [1.54, 1.807) is 16.8 Å². The van der Waals surface area contributed by atoms with Crippen molar-refractivity contribution < 1.29 is 0 Å². The SMILES string of the molecule is CC1CCN(c2nn3c(N)c(C=C4C=CC=N4)c(=O)nc3s2)CC1. The highest BCUT2D eigenvalue weighted by molar-refractivity contribution is 7.20. The van der Waals surface area contributed by atoms with Gasteiger partial charge in [0.25, 0.3) is 5.56 Å². The van der Waals surface area contributed by atoms with Gasteiger partial charge in [-0.1, -0.05) is 18.3 Å². The monoisotopic (exact) mass is 342 g/mol. The fraction of sp³-hybridized carbons (Fsp3) is 0.375. The van der Waals surface area contributed by atoms with E-state index in [2.05, 4.69) is 26.9 Å². The number of aromatic nitrogens is 3. The molecule has 0 amide bonds. The van der Waals surface area contributed by atoms with Crippen molar-refractivity contribution in [2.45, 2.75) is 19.8 Å². The number of hydrogen-bond donors (Lipinski definition) is 1. The normalized spacial score (nSPS) is 19.9. The lowest BCUT2D eigenvalue weighted by molar-refractivity contribution is 0.437. The predicted octanol–water partition coefficient (Wildman–Crippen LogP) is 1.95. The van der Waals surface area contributed by atoms with Gasteiger partial charge in [-0.2, -0.15) is 9.50 Å². The molecule has 124 valence electrons. The number of nitrogen functional groups attached to an aromatic ring is 1. The molecular formula is C16H18N6OS. The van der Waals surface area contributed by atoms with Crippen molar-refractivity contribution in [1.29, 1.82) is 0 Å². The molecule has 0 bridgehead atoms. The Morgan fingerprint density at radius 3 is 2.88 bits per heavy atom. The summed E-state index contributed by atoms with van der Waals surface area (Å²) >= 11 is 1.41. The van der Waals surface area contributed by atoms with Crippen LogP contribution in [0.2, 0.25) is 0 Å². The summed E-state index contributed by atoms with van der Waals surface area (Å²) in [4.78, 5) is 23.4. The lowest BCUT2D eigenvalue weighted by Crippen LogP contribution is -2.32. The van der Waals surface area contributed by atoms with Gasteiger partial charge in [0.2, 0.25) is 10.1 Å². The van der Waals surface area contributed by atoms with Crippen LogP contribution in [-0.4, -0.2) is 33.9 Å². The van der Waals surface area contributed by atoms with Crippen LogP contribution in [0.4, 0.5) is 10.9 Å². The third kappa shape index (κ3) is 2.62. The molecular weight excluding hydrogens is 324 g/mol. The number of rotatable bonds is 2. The number of anilines is 2. The van der Waals surface area contributed by atoms with Crippen LogP contribution in [0, 0.1) is 5.92 Å². The summed E-state index contributed by atoms with van der Waals surface area (Å²) < 4.78 is 1.56. The molecule has 0 radical (unpaired) electrons. The molecule has 0 atom stereocenters. The Kier molecular flexibility index (Phi) is 3.68. The smallest absolute Gasteiger partial charge is 0.283 e. The number of nitrogens with two attached hydrogens (primary N) is 1. The maximum Gasteiger partial charge on any atom is 0.283 e. The molecule has 0 unspecified atom stereocenters.